The van der Waals surface area contributed by atoms with Gasteiger partial charge in [-0.05, 0) is 37.6 Å². The summed E-state index contributed by atoms with van der Waals surface area (Å²) in [5.74, 6) is 0.0161. The Morgan fingerprint density at radius 2 is 1.95 bits per heavy atom. The van der Waals surface area contributed by atoms with Gasteiger partial charge in [0.1, 0.15) is 0 Å². The fourth-order valence-corrected chi connectivity index (χ4v) is 1.99. The highest BCUT2D eigenvalue weighted by molar-refractivity contribution is 5.78. The Labute approximate surface area is 125 Å². The first-order valence-corrected chi connectivity index (χ1v) is 7.13. The third kappa shape index (κ3) is 5.26. The Hall–Kier alpha value is -2.36. The molecule has 0 saturated carbocycles. The number of hydrogen-bond acceptors (Lipinski definition) is 3. The lowest BCUT2D eigenvalue weighted by Crippen LogP contribution is -2.35. The summed E-state index contributed by atoms with van der Waals surface area (Å²) in [6.45, 7) is 4.56. The number of nitrogens with one attached hydrogen (secondary N) is 2. The molecule has 2 rings (SSSR count). The van der Waals surface area contributed by atoms with Crippen molar-refractivity contribution in [2.45, 2.75) is 26.3 Å². The minimum Gasteiger partial charge on any atom is -0.381 e. The molecule has 1 aromatic heterocycles. The average molecular weight is 283 g/mol. The maximum Gasteiger partial charge on any atom is 0.224 e. The van der Waals surface area contributed by atoms with Crippen LogP contribution in [0.1, 0.15) is 18.2 Å². The number of aromatic nitrogens is 1. The molecule has 21 heavy (non-hydrogen) atoms. The van der Waals surface area contributed by atoms with Gasteiger partial charge in [-0.15, -0.1) is 0 Å². The maximum absolute atomic E-state index is 11.9. The molecule has 110 valence electrons. The topological polar surface area (TPSA) is 54.0 Å². The molecule has 2 N–H and O–H groups in total. The molecule has 0 aliphatic rings. The molecule has 0 radical (unpaired) electrons. The van der Waals surface area contributed by atoms with E-state index in [1.165, 1.54) is 0 Å². The van der Waals surface area contributed by atoms with Crippen LogP contribution in [0.25, 0.3) is 0 Å². The number of carbonyl (C=O) groups excluding carboxylic acids is 1. The van der Waals surface area contributed by atoms with Gasteiger partial charge < -0.3 is 10.6 Å². The van der Waals surface area contributed by atoms with Gasteiger partial charge in [0.05, 0.1) is 6.42 Å². The number of aryl methyl sites for hydroxylation is 1. The van der Waals surface area contributed by atoms with Crippen molar-refractivity contribution in [3.8, 4) is 0 Å². The summed E-state index contributed by atoms with van der Waals surface area (Å²) >= 11 is 0. The van der Waals surface area contributed by atoms with E-state index in [4.69, 9.17) is 0 Å². The Morgan fingerprint density at radius 1 is 1.19 bits per heavy atom. The van der Waals surface area contributed by atoms with Crippen molar-refractivity contribution >= 4 is 11.6 Å². The van der Waals surface area contributed by atoms with Gasteiger partial charge in [-0.3, -0.25) is 9.78 Å². The zero-order valence-corrected chi connectivity index (χ0v) is 12.5. The summed E-state index contributed by atoms with van der Waals surface area (Å²) < 4.78 is 0. The normalized spacial score (nSPS) is 11.7. The predicted molar refractivity (Wildman–Crippen MR) is 85.2 cm³/mol. The molecule has 1 unspecified atom stereocenters. The van der Waals surface area contributed by atoms with Crippen LogP contribution in [-0.4, -0.2) is 23.5 Å². The van der Waals surface area contributed by atoms with Crippen molar-refractivity contribution in [1.82, 2.24) is 10.3 Å². The molecule has 2 aromatic rings. The fourth-order valence-electron chi connectivity index (χ4n) is 1.99. The molecule has 0 saturated heterocycles. The van der Waals surface area contributed by atoms with Crippen molar-refractivity contribution in [3.05, 3.63) is 59.9 Å². The molecule has 0 spiro atoms. The van der Waals surface area contributed by atoms with Crippen LogP contribution < -0.4 is 10.6 Å². The Kier molecular flexibility index (Phi) is 5.32. The first-order valence-electron chi connectivity index (χ1n) is 7.13. The van der Waals surface area contributed by atoms with Crippen LogP contribution in [0, 0.1) is 6.92 Å². The summed E-state index contributed by atoms with van der Waals surface area (Å²) in [4.78, 5) is 16.1. The van der Waals surface area contributed by atoms with Gasteiger partial charge in [0, 0.05) is 30.2 Å². The molecule has 0 bridgehead atoms. The standard InChI is InChI=1S/C17H21N3O/c1-13-8-9-15(12-18-13)10-17(21)19-11-14(2)20-16-6-4-3-5-7-16/h3-9,12,14,20H,10-11H2,1-2H3,(H,19,21). The minimum atomic E-state index is 0.0161. The van der Waals surface area contributed by atoms with E-state index < -0.39 is 0 Å². The van der Waals surface area contributed by atoms with E-state index in [0.717, 1.165) is 16.9 Å². The third-order valence-electron chi connectivity index (χ3n) is 3.13. The Bertz CT molecular complexity index is 566. The van der Waals surface area contributed by atoms with Crippen LogP contribution in [0.3, 0.4) is 0 Å². The Balaban J connectivity index is 1.74. The Morgan fingerprint density at radius 3 is 2.62 bits per heavy atom. The summed E-state index contributed by atoms with van der Waals surface area (Å²) in [5, 5.41) is 6.28. The van der Waals surface area contributed by atoms with Crippen LogP contribution in [0.2, 0.25) is 0 Å². The van der Waals surface area contributed by atoms with Crippen molar-refractivity contribution in [2.75, 3.05) is 11.9 Å². The summed E-state index contributed by atoms with van der Waals surface area (Å²) in [7, 11) is 0. The number of amides is 1. The zero-order chi connectivity index (χ0) is 15.1. The SMILES string of the molecule is Cc1ccc(CC(=O)NCC(C)Nc2ccccc2)cn1. The minimum absolute atomic E-state index is 0.0161. The third-order valence-corrected chi connectivity index (χ3v) is 3.13. The van der Waals surface area contributed by atoms with Gasteiger partial charge in [0.2, 0.25) is 5.91 Å². The quantitative estimate of drug-likeness (QED) is 0.856. The van der Waals surface area contributed by atoms with Gasteiger partial charge in [0.15, 0.2) is 0 Å². The number of para-hydroxylation sites is 1. The van der Waals surface area contributed by atoms with E-state index in [2.05, 4.69) is 15.6 Å². The second-order valence-electron chi connectivity index (χ2n) is 5.20. The summed E-state index contributed by atoms with van der Waals surface area (Å²) in [6.07, 6.45) is 2.12. The molecule has 1 atom stereocenters. The predicted octanol–water partition coefficient (Wildman–Crippen LogP) is 2.55. The average Bonchev–Trinajstić information content (AvgIpc) is 2.49. The number of rotatable bonds is 6. The van der Waals surface area contributed by atoms with Crippen LogP contribution in [0.4, 0.5) is 5.69 Å². The molecule has 1 amide bonds. The highest BCUT2D eigenvalue weighted by Crippen LogP contribution is 2.06. The van der Waals surface area contributed by atoms with E-state index in [0.29, 0.717) is 13.0 Å². The molecule has 0 aliphatic heterocycles. The van der Waals surface area contributed by atoms with Crippen molar-refractivity contribution in [3.63, 3.8) is 0 Å². The van der Waals surface area contributed by atoms with Gasteiger partial charge in [-0.25, -0.2) is 0 Å². The maximum atomic E-state index is 11.9. The highest BCUT2D eigenvalue weighted by Gasteiger charge is 2.06. The molecule has 0 aliphatic carbocycles. The monoisotopic (exact) mass is 283 g/mol. The summed E-state index contributed by atoms with van der Waals surface area (Å²) in [5.41, 5.74) is 2.95. The van der Waals surface area contributed by atoms with Gasteiger partial charge in [-0.2, -0.15) is 0 Å². The lowest BCUT2D eigenvalue weighted by molar-refractivity contribution is -0.120. The molecule has 1 heterocycles. The van der Waals surface area contributed by atoms with Crippen LogP contribution in [-0.2, 0) is 11.2 Å². The number of hydrogen-bond donors (Lipinski definition) is 2. The van der Waals surface area contributed by atoms with E-state index in [1.807, 2.05) is 56.3 Å². The molecule has 0 fully saturated rings. The van der Waals surface area contributed by atoms with Crippen molar-refractivity contribution < 1.29 is 4.79 Å². The first kappa shape index (κ1) is 15.0. The number of nitrogens with zero attached hydrogens (tertiary/aromatic N) is 1. The fraction of sp³-hybridized carbons (Fsp3) is 0.294. The zero-order valence-electron chi connectivity index (χ0n) is 12.5. The lowest BCUT2D eigenvalue weighted by Gasteiger charge is -2.16. The van der Waals surface area contributed by atoms with Crippen LogP contribution in [0.15, 0.2) is 48.7 Å². The number of carbonyl (C=O) groups is 1. The van der Waals surface area contributed by atoms with E-state index >= 15 is 0 Å². The van der Waals surface area contributed by atoms with E-state index in [9.17, 15) is 4.79 Å². The smallest absolute Gasteiger partial charge is 0.224 e. The van der Waals surface area contributed by atoms with Crippen molar-refractivity contribution in [2.24, 2.45) is 0 Å². The lowest BCUT2D eigenvalue weighted by atomic mass is 10.2. The highest BCUT2D eigenvalue weighted by atomic mass is 16.1. The number of benzene rings is 1. The first-order chi connectivity index (χ1) is 10.1. The largest absolute Gasteiger partial charge is 0.381 e. The second-order valence-corrected chi connectivity index (χ2v) is 5.20. The van der Waals surface area contributed by atoms with E-state index in [1.54, 1.807) is 6.20 Å². The van der Waals surface area contributed by atoms with Gasteiger partial charge in [0.25, 0.3) is 0 Å². The number of anilines is 1. The van der Waals surface area contributed by atoms with Crippen LogP contribution in [0.5, 0.6) is 0 Å². The van der Waals surface area contributed by atoms with Gasteiger partial charge >= 0.3 is 0 Å². The molecule has 4 nitrogen and oxygen atoms in total. The van der Waals surface area contributed by atoms with E-state index in [-0.39, 0.29) is 11.9 Å². The second kappa shape index (κ2) is 7.43. The number of pyridine rings is 1. The molecular weight excluding hydrogens is 262 g/mol. The molecule has 4 heteroatoms. The van der Waals surface area contributed by atoms with Crippen LogP contribution >= 0.6 is 0 Å². The van der Waals surface area contributed by atoms with Gasteiger partial charge in [-0.1, -0.05) is 24.3 Å². The van der Waals surface area contributed by atoms with Crippen molar-refractivity contribution in [1.29, 1.82) is 0 Å². The summed E-state index contributed by atoms with van der Waals surface area (Å²) in [6, 6.07) is 14.0. The molecule has 1 aromatic carbocycles. The molecular formula is C17H21N3O.